The van der Waals surface area contributed by atoms with E-state index in [0.717, 1.165) is 25.0 Å². The maximum atomic E-state index is 11.9. The monoisotopic (exact) mass is 269 g/mol. The standard InChI is InChI=1S/C12H19N3O2S/c13-11-5-3-6-12(11)15-18(16,17)9-7-10-4-1-2-8-14-10/h1-2,4,8,11-12,15H,3,5-7,9,13H2. The fourth-order valence-electron chi connectivity index (χ4n) is 2.21. The fraction of sp³-hybridized carbons (Fsp3) is 0.583. The van der Waals surface area contributed by atoms with Crippen molar-refractivity contribution in [3.8, 4) is 0 Å². The molecule has 1 aromatic heterocycles. The molecule has 5 nitrogen and oxygen atoms in total. The highest BCUT2D eigenvalue weighted by atomic mass is 32.2. The first-order valence-corrected chi connectivity index (χ1v) is 7.87. The number of pyridine rings is 1. The molecular weight excluding hydrogens is 250 g/mol. The van der Waals surface area contributed by atoms with Crippen molar-refractivity contribution in [3.63, 3.8) is 0 Å². The molecule has 2 rings (SSSR count). The van der Waals surface area contributed by atoms with Crippen LogP contribution < -0.4 is 10.5 Å². The van der Waals surface area contributed by atoms with E-state index in [0.29, 0.717) is 6.42 Å². The molecule has 6 heteroatoms. The van der Waals surface area contributed by atoms with E-state index in [1.807, 2.05) is 18.2 Å². The van der Waals surface area contributed by atoms with E-state index in [4.69, 9.17) is 5.73 Å². The second kappa shape index (κ2) is 5.77. The molecule has 0 amide bonds. The SMILES string of the molecule is NC1CCCC1NS(=O)(=O)CCc1ccccn1. The molecule has 1 heterocycles. The number of nitrogens with two attached hydrogens (primary N) is 1. The molecule has 1 aliphatic rings. The van der Waals surface area contributed by atoms with Gasteiger partial charge in [-0.05, 0) is 25.0 Å². The molecule has 0 bridgehead atoms. The molecule has 100 valence electrons. The average molecular weight is 269 g/mol. The number of nitrogens with zero attached hydrogens (tertiary/aromatic N) is 1. The Bertz CT molecular complexity index is 475. The third kappa shape index (κ3) is 3.76. The molecule has 1 aromatic rings. The molecule has 0 spiro atoms. The highest BCUT2D eigenvalue weighted by Crippen LogP contribution is 2.17. The number of sulfonamides is 1. The van der Waals surface area contributed by atoms with E-state index < -0.39 is 10.0 Å². The quantitative estimate of drug-likeness (QED) is 0.811. The number of hydrogen-bond donors (Lipinski definition) is 2. The first-order chi connectivity index (χ1) is 8.57. The van der Waals surface area contributed by atoms with Crippen molar-refractivity contribution in [2.75, 3.05) is 5.75 Å². The number of nitrogens with one attached hydrogen (secondary N) is 1. The summed E-state index contributed by atoms with van der Waals surface area (Å²) in [6.45, 7) is 0. The smallest absolute Gasteiger partial charge is 0.212 e. The van der Waals surface area contributed by atoms with E-state index in [1.165, 1.54) is 0 Å². The maximum absolute atomic E-state index is 11.9. The van der Waals surface area contributed by atoms with Gasteiger partial charge in [-0.15, -0.1) is 0 Å². The van der Waals surface area contributed by atoms with Gasteiger partial charge >= 0.3 is 0 Å². The van der Waals surface area contributed by atoms with Crippen LogP contribution in [0.5, 0.6) is 0 Å². The van der Waals surface area contributed by atoms with Gasteiger partial charge in [0, 0.05) is 30.4 Å². The van der Waals surface area contributed by atoms with E-state index in [9.17, 15) is 8.42 Å². The zero-order valence-electron chi connectivity index (χ0n) is 10.2. The molecule has 2 unspecified atom stereocenters. The Kier molecular flexibility index (Phi) is 4.31. The first-order valence-electron chi connectivity index (χ1n) is 6.22. The van der Waals surface area contributed by atoms with Crippen molar-refractivity contribution < 1.29 is 8.42 Å². The third-order valence-electron chi connectivity index (χ3n) is 3.25. The van der Waals surface area contributed by atoms with Crippen LogP contribution in [0.15, 0.2) is 24.4 Å². The molecule has 0 aromatic carbocycles. The Morgan fingerprint density at radius 1 is 1.39 bits per heavy atom. The predicted octanol–water partition coefficient (Wildman–Crippen LogP) is 0.423. The van der Waals surface area contributed by atoms with Gasteiger partial charge in [-0.3, -0.25) is 4.98 Å². The zero-order valence-corrected chi connectivity index (χ0v) is 11.1. The van der Waals surface area contributed by atoms with E-state index >= 15 is 0 Å². The van der Waals surface area contributed by atoms with Crippen LogP contribution in [0, 0.1) is 0 Å². The summed E-state index contributed by atoms with van der Waals surface area (Å²) in [7, 11) is -3.27. The largest absolute Gasteiger partial charge is 0.326 e. The molecule has 3 N–H and O–H groups in total. The summed E-state index contributed by atoms with van der Waals surface area (Å²) in [5, 5.41) is 0. The van der Waals surface area contributed by atoms with Crippen LogP contribution >= 0.6 is 0 Å². The lowest BCUT2D eigenvalue weighted by molar-refractivity contribution is 0.522. The van der Waals surface area contributed by atoms with Crippen molar-refractivity contribution in [2.45, 2.75) is 37.8 Å². The van der Waals surface area contributed by atoms with Crippen LogP contribution in [-0.2, 0) is 16.4 Å². The van der Waals surface area contributed by atoms with Crippen molar-refractivity contribution >= 4 is 10.0 Å². The van der Waals surface area contributed by atoms with Crippen molar-refractivity contribution in [1.29, 1.82) is 0 Å². The summed E-state index contributed by atoms with van der Waals surface area (Å²) >= 11 is 0. The highest BCUT2D eigenvalue weighted by Gasteiger charge is 2.27. The summed E-state index contributed by atoms with van der Waals surface area (Å²) in [4.78, 5) is 4.11. The van der Waals surface area contributed by atoms with Crippen molar-refractivity contribution in [2.24, 2.45) is 5.73 Å². The minimum atomic E-state index is -3.27. The summed E-state index contributed by atoms with van der Waals surface area (Å²) in [6, 6.07) is 5.35. The van der Waals surface area contributed by atoms with Crippen LogP contribution in [0.25, 0.3) is 0 Å². The summed E-state index contributed by atoms with van der Waals surface area (Å²) in [5.74, 6) is 0.0627. The van der Waals surface area contributed by atoms with E-state index in [1.54, 1.807) is 6.20 Å². The Morgan fingerprint density at radius 2 is 2.22 bits per heavy atom. The number of hydrogen-bond acceptors (Lipinski definition) is 4. The van der Waals surface area contributed by atoms with E-state index in [-0.39, 0.29) is 17.8 Å². The predicted molar refractivity (Wildman–Crippen MR) is 70.5 cm³/mol. The van der Waals surface area contributed by atoms with Crippen LogP contribution in [0.1, 0.15) is 25.0 Å². The minimum absolute atomic E-state index is 0.0466. The molecule has 0 radical (unpaired) electrons. The number of aromatic nitrogens is 1. The summed E-state index contributed by atoms with van der Waals surface area (Å²) in [5.41, 5.74) is 6.64. The third-order valence-corrected chi connectivity index (χ3v) is 4.66. The second-order valence-corrected chi connectivity index (χ2v) is 6.58. The van der Waals surface area contributed by atoms with Gasteiger partial charge in [-0.2, -0.15) is 0 Å². The van der Waals surface area contributed by atoms with Crippen molar-refractivity contribution in [1.82, 2.24) is 9.71 Å². The van der Waals surface area contributed by atoms with E-state index in [2.05, 4.69) is 9.71 Å². The van der Waals surface area contributed by atoms with Gasteiger partial charge in [0.05, 0.1) is 5.75 Å². The molecule has 1 fully saturated rings. The summed E-state index contributed by atoms with van der Waals surface area (Å²) < 4.78 is 26.5. The van der Waals surface area contributed by atoms with Gasteiger partial charge in [0.25, 0.3) is 0 Å². The van der Waals surface area contributed by atoms with Crippen LogP contribution in [0.2, 0.25) is 0 Å². The topological polar surface area (TPSA) is 85.1 Å². The lowest BCUT2D eigenvalue weighted by Crippen LogP contribution is -2.44. The lowest BCUT2D eigenvalue weighted by Gasteiger charge is -2.17. The molecule has 1 aliphatic carbocycles. The lowest BCUT2D eigenvalue weighted by atomic mass is 10.2. The Hall–Kier alpha value is -0.980. The van der Waals surface area contributed by atoms with Crippen LogP contribution in [0.4, 0.5) is 0 Å². The molecule has 1 saturated carbocycles. The van der Waals surface area contributed by atoms with Gasteiger partial charge in [0.1, 0.15) is 0 Å². The Labute approximate surface area is 108 Å². The molecule has 18 heavy (non-hydrogen) atoms. The van der Waals surface area contributed by atoms with Gasteiger partial charge in [-0.25, -0.2) is 13.1 Å². The van der Waals surface area contributed by atoms with Gasteiger partial charge in [0.2, 0.25) is 10.0 Å². The first kappa shape index (κ1) is 13.5. The minimum Gasteiger partial charge on any atom is -0.326 e. The molecular formula is C12H19N3O2S. The average Bonchev–Trinajstić information content (AvgIpc) is 2.73. The van der Waals surface area contributed by atoms with Gasteiger partial charge in [-0.1, -0.05) is 12.5 Å². The number of rotatable bonds is 5. The fourth-order valence-corrected chi connectivity index (χ4v) is 3.56. The van der Waals surface area contributed by atoms with Crippen molar-refractivity contribution in [3.05, 3.63) is 30.1 Å². The summed E-state index contributed by atoms with van der Waals surface area (Å²) in [6.07, 6.45) is 4.83. The van der Waals surface area contributed by atoms with Crippen LogP contribution in [0.3, 0.4) is 0 Å². The molecule has 0 saturated heterocycles. The molecule has 2 atom stereocenters. The normalized spacial score (nSPS) is 24.3. The molecule has 0 aliphatic heterocycles. The second-order valence-electron chi connectivity index (χ2n) is 4.71. The Morgan fingerprint density at radius 3 is 2.83 bits per heavy atom. The van der Waals surface area contributed by atoms with Crippen LogP contribution in [-0.4, -0.2) is 31.2 Å². The maximum Gasteiger partial charge on any atom is 0.212 e. The Balaban J connectivity index is 1.88. The van der Waals surface area contributed by atoms with Gasteiger partial charge < -0.3 is 5.73 Å². The number of aryl methyl sites for hydroxylation is 1. The highest BCUT2D eigenvalue weighted by molar-refractivity contribution is 7.89. The van der Waals surface area contributed by atoms with Gasteiger partial charge in [0.15, 0.2) is 0 Å². The zero-order chi connectivity index (χ0) is 13.0.